The predicted molar refractivity (Wildman–Crippen MR) is 71.4 cm³/mol. The Morgan fingerprint density at radius 2 is 2.11 bits per heavy atom. The van der Waals surface area contributed by atoms with Gasteiger partial charge in [0.05, 0.1) is 12.4 Å². The van der Waals surface area contributed by atoms with E-state index in [-0.39, 0.29) is 18.2 Å². The Kier molecular flexibility index (Phi) is 5.74. The molecule has 0 radical (unpaired) electrons. The first-order valence-corrected chi connectivity index (χ1v) is 7.16. The Morgan fingerprint density at radius 1 is 1.47 bits per heavy atom. The Morgan fingerprint density at radius 3 is 2.63 bits per heavy atom. The topological polar surface area (TPSA) is 114 Å². The van der Waals surface area contributed by atoms with Crippen molar-refractivity contribution in [3.05, 3.63) is 35.9 Å². The Labute approximate surface area is 112 Å². The van der Waals surface area contributed by atoms with E-state index in [1.165, 1.54) is 7.11 Å². The molecule has 0 aliphatic rings. The summed E-state index contributed by atoms with van der Waals surface area (Å²) in [5, 5.41) is 11.6. The average Bonchev–Trinajstić information content (AvgIpc) is 2.43. The molecule has 1 aromatic rings. The van der Waals surface area contributed by atoms with Crippen molar-refractivity contribution in [2.45, 2.75) is 6.04 Å². The van der Waals surface area contributed by atoms with E-state index in [1.54, 1.807) is 30.3 Å². The van der Waals surface area contributed by atoms with Gasteiger partial charge in [0.2, 0.25) is 10.0 Å². The number of methoxy groups -OCH3 is 1. The quantitative estimate of drug-likeness (QED) is 0.283. The lowest BCUT2D eigenvalue weighted by Crippen LogP contribution is -2.39. The van der Waals surface area contributed by atoms with Gasteiger partial charge in [0.25, 0.3) is 0 Å². The molecule has 0 spiro atoms. The minimum atomic E-state index is -3.59. The molecular weight excluding hydrogens is 270 g/mol. The predicted octanol–water partition coefficient (Wildman–Crippen LogP) is 0.0399. The van der Waals surface area contributed by atoms with Crippen molar-refractivity contribution in [2.75, 3.05) is 19.5 Å². The molecule has 1 aromatic carbocycles. The Bertz CT molecular complexity index is 516. The van der Waals surface area contributed by atoms with Gasteiger partial charge in [-0.25, -0.2) is 8.42 Å². The van der Waals surface area contributed by atoms with Crippen LogP contribution in [0.15, 0.2) is 35.5 Å². The normalized spacial score (nSPS) is 14.3. The van der Waals surface area contributed by atoms with Crippen LogP contribution in [0.3, 0.4) is 0 Å². The largest absolute Gasteiger partial charge is 0.409 e. The van der Waals surface area contributed by atoms with E-state index in [4.69, 9.17) is 15.7 Å². The van der Waals surface area contributed by atoms with E-state index in [0.29, 0.717) is 5.56 Å². The number of nitrogens with two attached hydrogens (primary N) is 1. The van der Waals surface area contributed by atoms with Gasteiger partial charge in [-0.2, -0.15) is 4.72 Å². The van der Waals surface area contributed by atoms with Gasteiger partial charge in [0.1, 0.15) is 6.04 Å². The summed E-state index contributed by atoms with van der Waals surface area (Å²) in [4.78, 5) is 0. The summed E-state index contributed by atoms with van der Waals surface area (Å²) in [5.74, 6) is -0.432. The maximum Gasteiger partial charge on any atom is 0.214 e. The molecular formula is C11H17N3O4S. The number of sulfonamides is 1. The molecule has 4 N–H and O–H groups in total. The van der Waals surface area contributed by atoms with E-state index < -0.39 is 16.1 Å². The second-order valence-electron chi connectivity index (χ2n) is 3.80. The minimum Gasteiger partial charge on any atom is -0.409 e. The molecule has 0 bridgehead atoms. The van der Waals surface area contributed by atoms with Crippen molar-refractivity contribution in [1.82, 2.24) is 4.72 Å². The third-order valence-corrected chi connectivity index (χ3v) is 3.70. The number of rotatable bonds is 7. The number of amidine groups is 1. The number of nitrogens with one attached hydrogen (secondary N) is 1. The summed E-state index contributed by atoms with van der Waals surface area (Å²) in [6.45, 7) is 0.0625. The Hall–Kier alpha value is -1.64. The molecule has 19 heavy (non-hydrogen) atoms. The smallest absolute Gasteiger partial charge is 0.214 e. The SMILES string of the molecule is COCCS(=O)(=O)NC(/C(N)=N/O)c1ccccc1. The van der Waals surface area contributed by atoms with Crippen LogP contribution in [-0.2, 0) is 14.8 Å². The fourth-order valence-corrected chi connectivity index (χ4v) is 2.55. The number of hydrogen-bond donors (Lipinski definition) is 3. The van der Waals surface area contributed by atoms with E-state index in [0.717, 1.165) is 0 Å². The molecule has 1 rings (SSSR count). The summed E-state index contributed by atoms with van der Waals surface area (Å²) in [7, 11) is -2.18. The molecule has 0 saturated heterocycles. The van der Waals surface area contributed by atoms with Crippen molar-refractivity contribution in [3.8, 4) is 0 Å². The minimum absolute atomic E-state index is 0.0625. The highest BCUT2D eigenvalue weighted by molar-refractivity contribution is 7.89. The maximum absolute atomic E-state index is 11.8. The van der Waals surface area contributed by atoms with Crippen molar-refractivity contribution in [1.29, 1.82) is 0 Å². The van der Waals surface area contributed by atoms with Crippen molar-refractivity contribution in [3.63, 3.8) is 0 Å². The lowest BCUT2D eigenvalue weighted by Gasteiger charge is -2.17. The average molecular weight is 287 g/mol. The van der Waals surface area contributed by atoms with Crippen LogP contribution in [-0.4, -0.2) is 38.9 Å². The van der Waals surface area contributed by atoms with Crippen LogP contribution in [0.1, 0.15) is 11.6 Å². The first-order valence-electron chi connectivity index (χ1n) is 5.51. The maximum atomic E-state index is 11.8. The molecule has 0 amide bonds. The number of oxime groups is 1. The third-order valence-electron chi connectivity index (χ3n) is 2.40. The van der Waals surface area contributed by atoms with Gasteiger partial charge < -0.3 is 15.7 Å². The van der Waals surface area contributed by atoms with Gasteiger partial charge in [-0.3, -0.25) is 0 Å². The summed E-state index contributed by atoms with van der Waals surface area (Å²) in [6.07, 6.45) is 0. The Balaban J connectivity index is 2.95. The van der Waals surface area contributed by atoms with Crippen LogP contribution in [0.4, 0.5) is 0 Å². The van der Waals surface area contributed by atoms with E-state index in [9.17, 15) is 8.42 Å². The molecule has 1 atom stereocenters. The monoisotopic (exact) mass is 287 g/mol. The molecule has 7 nitrogen and oxygen atoms in total. The summed E-state index contributed by atoms with van der Waals surface area (Å²) in [5.41, 5.74) is 6.11. The van der Waals surface area contributed by atoms with Crippen molar-refractivity contribution in [2.24, 2.45) is 10.9 Å². The van der Waals surface area contributed by atoms with Crippen molar-refractivity contribution >= 4 is 15.9 Å². The second-order valence-corrected chi connectivity index (χ2v) is 5.67. The molecule has 106 valence electrons. The summed E-state index contributed by atoms with van der Waals surface area (Å²) >= 11 is 0. The lowest BCUT2D eigenvalue weighted by atomic mass is 10.1. The fourth-order valence-electron chi connectivity index (χ4n) is 1.43. The summed E-state index contributed by atoms with van der Waals surface area (Å²) < 4.78 is 30.7. The molecule has 1 unspecified atom stereocenters. The van der Waals surface area contributed by atoms with E-state index >= 15 is 0 Å². The first-order chi connectivity index (χ1) is 9.00. The highest BCUT2D eigenvalue weighted by Crippen LogP contribution is 2.14. The van der Waals surface area contributed by atoms with Crippen LogP contribution in [0.5, 0.6) is 0 Å². The van der Waals surface area contributed by atoms with Crippen LogP contribution in [0.25, 0.3) is 0 Å². The standard InChI is InChI=1S/C11H17N3O4S/c1-18-7-8-19(16,17)14-10(11(12)13-15)9-5-3-2-4-6-9/h2-6,10,14-15H,7-8H2,1H3,(H2,12,13). The van der Waals surface area contributed by atoms with Gasteiger partial charge in [0.15, 0.2) is 5.84 Å². The molecule has 0 heterocycles. The molecule has 0 aliphatic carbocycles. The van der Waals surface area contributed by atoms with Gasteiger partial charge in [-0.05, 0) is 5.56 Å². The van der Waals surface area contributed by atoms with Crippen LogP contribution in [0.2, 0.25) is 0 Å². The highest BCUT2D eigenvalue weighted by Gasteiger charge is 2.22. The zero-order valence-electron chi connectivity index (χ0n) is 10.5. The highest BCUT2D eigenvalue weighted by atomic mass is 32.2. The molecule has 0 saturated carbocycles. The van der Waals surface area contributed by atoms with Crippen LogP contribution in [0, 0.1) is 0 Å². The molecule has 0 fully saturated rings. The second kappa shape index (κ2) is 7.07. The number of hydrogen-bond acceptors (Lipinski definition) is 5. The number of benzene rings is 1. The molecule has 0 aromatic heterocycles. The zero-order valence-corrected chi connectivity index (χ0v) is 11.3. The third kappa shape index (κ3) is 4.86. The van der Waals surface area contributed by atoms with E-state index in [2.05, 4.69) is 9.88 Å². The van der Waals surface area contributed by atoms with E-state index in [1.807, 2.05) is 0 Å². The summed E-state index contributed by atoms with van der Waals surface area (Å²) in [6, 6.07) is 7.70. The van der Waals surface area contributed by atoms with Gasteiger partial charge in [-0.15, -0.1) is 0 Å². The molecule has 0 aliphatic heterocycles. The number of ether oxygens (including phenoxy) is 1. The fraction of sp³-hybridized carbons (Fsp3) is 0.364. The molecule has 8 heteroatoms. The van der Waals surface area contributed by atoms with Crippen molar-refractivity contribution < 1.29 is 18.4 Å². The van der Waals surface area contributed by atoms with Gasteiger partial charge in [0, 0.05) is 7.11 Å². The zero-order chi connectivity index (χ0) is 14.3. The van der Waals surface area contributed by atoms with Gasteiger partial charge >= 0.3 is 0 Å². The lowest BCUT2D eigenvalue weighted by molar-refractivity contribution is 0.217. The van der Waals surface area contributed by atoms with Gasteiger partial charge in [-0.1, -0.05) is 35.5 Å². The van der Waals surface area contributed by atoms with Crippen LogP contribution < -0.4 is 10.5 Å². The first kappa shape index (κ1) is 15.4. The number of nitrogens with zero attached hydrogens (tertiary/aromatic N) is 1. The van der Waals surface area contributed by atoms with Crippen LogP contribution >= 0.6 is 0 Å².